The number of rotatable bonds is 6. The van der Waals surface area contributed by atoms with E-state index < -0.39 is 22.8 Å². The van der Waals surface area contributed by atoms with E-state index in [-0.39, 0.29) is 42.5 Å². The molecule has 0 aromatic heterocycles. The van der Waals surface area contributed by atoms with Crippen LogP contribution in [0.15, 0.2) is 0 Å². The number of carboxylic acid groups (broad SMARTS) is 1. The van der Waals surface area contributed by atoms with Gasteiger partial charge in [0.2, 0.25) is 11.8 Å². The summed E-state index contributed by atoms with van der Waals surface area (Å²) in [5.41, 5.74) is -1.35. The molecule has 164 valence electrons. The lowest BCUT2D eigenvalue weighted by Crippen LogP contribution is -2.61. The maximum atomic E-state index is 13.3. The van der Waals surface area contributed by atoms with Crippen molar-refractivity contribution in [1.82, 2.24) is 10.2 Å². The maximum absolute atomic E-state index is 13.3. The molecule has 0 aromatic rings. The number of ether oxygens (including phenoxy) is 1. The molecular formula is C22H30N2O6. The molecule has 0 aromatic carbocycles. The lowest BCUT2D eigenvalue weighted by molar-refractivity contribution is -0.182. The molecule has 3 atom stereocenters. The van der Waals surface area contributed by atoms with E-state index in [0.717, 1.165) is 19.3 Å². The van der Waals surface area contributed by atoms with Gasteiger partial charge in [-0.15, -0.1) is 5.92 Å². The molecule has 4 aliphatic rings. The van der Waals surface area contributed by atoms with Gasteiger partial charge in [0.15, 0.2) is 0 Å². The number of hydrogen-bond donors (Lipinski definition) is 2. The predicted octanol–water partition coefficient (Wildman–Crippen LogP) is 1.19. The Kier molecular flexibility index (Phi) is 6.11. The smallest absolute Gasteiger partial charge is 0.327 e. The van der Waals surface area contributed by atoms with Gasteiger partial charge in [-0.1, -0.05) is 5.92 Å². The second kappa shape index (κ2) is 8.29. The lowest BCUT2D eigenvalue weighted by Gasteiger charge is -2.59. The first-order valence-electron chi connectivity index (χ1n) is 10.4. The number of aliphatic carboxylic acids is 1. The van der Waals surface area contributed by atoms with Gasteiger partial charge in [-0.25, -0.2) is 4.79 Å². The Balaban J connectivity index is 1.70. The number of carbonyl (C=O) groups excluding carboxylic acids is 3. The number of carboxylic acids is 1. The van der Waals surface area contributed by atoms with Crippen LogP contribution < -0.4 is 5.32 Å². The van der Waals surface area contributed by atoms with Crippen molar-refractivity contribution in [2.24, 2.45) is 22.7 Å². The zero-order chi connectivity index (χ0) is 22.1. The lowest BCUT2D eigenvalue weighted by atomic mass is 9.44. The van der Waals surface area contributed by atoms with E-state index in [0.29, 0.717) is 19.3 Å². The molecule has 0 heterocycles. The number of amides is 2. The molecule has 0 saturated heterocycles. The van der Waals surface area contributed by atoms with Gasteiger partial charge in [-0.05, 0) is 50.4 Å². The normalized spacial score (nSPS) is 31.8. The number of esters is 1. The summed E-state index contributed by atoms with van der Waals surface area (Å²) >= 11 is 0. The summed E-state index contributed by atoms with van der Waals surface area (Å²) in [5.74, 6) is 4.07. The maximum Gasteiger partial charge on any atom is 0.327 e. The topological polar surface area (TPSA) is 113 Å². The summed E-state index contributed by atoms with van der Waals surface area (Å²) in [6.07, 6.45) is 4.22. The van der Waals surface area contributed by atoms with Gasteiger partial charge in [-0.2, -0.15) is 0 Å². The van der Waals surface area contributed by atoms with Crippen LogP contribution in [-0.2, 0) is 23.9 Å². The van der Waals surface area contributed by atoms with Crippen LogP contribution in [0.2, 0.25) is 0 Å². The standard InChI is InChI=1S/C22H30N2O6/c1-24(2)17(25)7-5-4-6-16(18(26)27)23-19(28)21-9-14-8-15(10-21)12-22(11-14,13-21)20(29)30-3/h14-16H,6-13H2,1-3H3,(H,23,28)(H,26,27). The molecule has 4 fully saturated rings. The predicted molar refractivity (Wildman–Crippen MR) is 107 cm³/mol. The van der Waals surface area contributed by atoms with Gasteiger partial charge < -0.3 is 20.1 Å². The quantitative estimate of drug-likeness (QED) is 0.495. The fourth-order valence-corrected chi connectivity index (χ4v) is 5.97. The Morgan fingerprint density at radius 1 is 1.10 bits per heavy atom. The third kappa shape index (κ3) is 4.16. The van der Waals surface area contributed by atoms with Crippen molar-refractivity contribution in [3.63, 3.8) is 0 Å². The molecule has 0 radical (unpaired) electrons. The first-order chi connectivity index (χ1) is 14.1. The number of nitrogens with one attached hydrogen (secondary N) is 1. The molecule has 2 amide bonds. The van der Waals surface area contributed by atoms with Crippen LogP contribution in [0.5, 0.6) is 0 Å². The Morgan fingerprint density at radius 2 is 1.70 bits per heavy atom. The van der Waals surface area contributed by atoms with Gasteiger partial charge in [0, 0.05) is 20.5 Å². The molecular weight excluding hydrogens is 388 g/mol. The minimum Gasteiger partial charge on any atom is -0.480 e. The van der Waals surface area contributed by atoms with Crippen LogP contribution >= 0.6 is 0 Å². The molecule has 30 heavy (non-hydrogen) atoms. The minimum absolute atomic E-state index is 0.00221. The molecule has 4 aliphatic carbocycles. The second-order valence-corrected chi connectivity index (χ2v) is 9.40. The van der Waals surface area contributed by atoms with Gasteiger partial charge in [0.05, 0.1) is 24.4 Å². The third-order valence-corrected chi connectivity index (χ3v) is 6.93. The summed E-state index contributed by atoms with van der Waals surface area (Å²) < 4.78 is 5.07. The molecule has 8 heteroatoms. The monoisotopic (exact) mass is 418 g/mol. The SMILES string of the molecule is COC(=O)C12CC3CC(CC(C(=O)NC(CC#CCC(=O)N(C)C)C(=O)O)(C3)C1)C2. The third-order valence-electron chi connectivity index (χ3n) is 6.93. The molecule has 0 spiro atoms. The minimum atomic E-state index is -1.16. The first-order valence-corrected chi connectivity index (χ1v) is 10.4. The number of nitrogens with zero attached hydrogens (tertiary/aromatic N) is 1. The van der Waals surface area contributed by atoms with E-state index in [1.165, 1.54) is 12.0 Å². The summed E-state index contributed by atoms with van der Waals surface area (Å²) in [7, 11) is 4.63. The highest BCUT2D eigenvalue weighted by Gasteiger charge is 2.63. The van der Waals surface area contributed by atoms with Crippen LogP contribution in [0.25, 0.3) is 0 Å². The van der Waals surface area contributed by atoms with E-state index >= 15 is 0 Å². The average molecular weight is 418 g/mol. The van der Waals surface area contributed by atoms with Gasteiger partial charge in [0.1, 0.15) is 6.04 Å². The van der Waals surface area contributed by atoms with E-state index in [1.807, 2.05) is 0 Å². The highest BCUT2D eigenvalue weighted by atomic mass is 16.5. The Bertz CT molecular complexity index is 794. The van der Waals surface area contributed by atoms with Crippen LogP contribution in [0.1, 0.15) is 51.4 Å². The van der Waals surface area contributed by atoms with Gasteiger partial charge >= 0.3 is 11.9 Å². The highest BCUT2D eigenvalue weighted by molar-refractivity contribution is 5.89. The van der Waals surface area contributed by atoms with Crippen LogP contribution in [0, 0.1) is 34.5 Å². The van der Waals surface area contributed by atoms with Crippen molar-refractivity contribution in [1.29, 1.82) is 0 Å². The molecule has 0 aliphatic heterocycles. The molecule has 4 bridgehead atoms. The van der Waals surface area contributed by atoms with Gasteiger partial charge in [-0.3, -0.25) is 14.4 Å². The fraction of sp³-hybridized carbons (Fsp3) is 0.727. The first kappa shape index (κ1) is 22.1. The largest absolute Gasteiger partial charge is 0.480 e. The Labute approximate surface area is 176 Å². The van der Waals surface area contributed by atoms with Crippen molar-refractivity contribution < 1.29 is 29.0 Å². The number of hydrogen-bond acceptors (Lipinski definition) is 5. The van der Waals surface area contributed by atoms with Crippen molar-refractivity contribution in [2.45, 2.75) is 57.4 Å². The molecule has 4 saturated carbocycles. The van der Waals surface area contributed by atoms with Crippen molar-refractivity contribution in [3.05, 3.63) is 0 Å². The molecule has 8 nitrogen and oxygen atoms in total. The molecule has 2 N–H and O–H groups in total. The van der Waals surface area contributed by atoms with Crippen LogP contribution in [0.3, 0.4) is 0 Å². The van der Waals surface area contributed by atoms with E-state index in [2.05, 4.69) is 17.2 Å². The summed E-state index contributed by atoms with van der Waals surface area (Å²) in [6, 6.07) is -1.15. The summed E-state index contributed by atoms with van der Waals surface area (Å²) in [6.45, 7) is 0. The second-order valence-electron chi connectivity index (χ2n) is 9.40. The van der Waals surface area contributed by atoms with E-state index in [4.69, 9.17) is 4.74 Å². The van der Waals surface area contributed by atoms with Crippen LogP contribution in [-0.4, -0.2) is 61.0 Å². The molecule has 3 unspecified atom stereocenters. The van der Waals surface area contributed by atoms with Gasteiger partial charge in [0.25, 0.3) is 0 Å². The highest BCUT2D eigenvalue weighted by Crippen LogP contribution is 2.65. The zero-order valence-electron chi connectivity index (χ0n) is 17.8. The average Bonchev–Trinajstić information content (AvgIpc) is 2.67. The van der Waals surface area contributed by atoms with E-state index in [9.17, 15) is 24.3 Å². The molecule has 4 rings (SSSR count). The van der Waals surface area contributed by atoms with Crippen molar-refractivity contribution >= 4 is 23.8 Å². The van der Waals surface area contributed by atoms with Crippen molar-refractivity contribution in [2.75, 3.05) is 21.2 Å². The Hall–Kier alpha value is -2.56. The fourth-order valence-electron chi connectivity index (χ4n) is 5.97. The zero-order valence-corrected chi connectivity index (χ0v) is 17.8. The summed E-state index contributed by atoms with van der Waals surface area (Å²) in [4.78, 5) is 50.5. The van der Waals surface area contributed by atoms with E-state index in [1.54, 1.807) is 14.1 Å². The van der Waals surface area contributed by atoms with Crippen LogP contribution in [0.4, 0.5) is 0 Å². The summed E-state index contributed by atoms with van der Waals surface area (Å²) in [5, 5.41) is 12.2. The van der Waals surface area contributed by atoms with Crippen molar-refractivity contribution in [3.8, 4) is 11.8 Å². The number of methoxy groups -OCH3 is 1. The Morgan fingerprint density at radius 3 is 2.23 bits per heavy atom. The number of carbonyl (C=O) groups is 4.